The van der Waals surface area contributed by atoms with E-state index in [9.17, 15) is 9.18 Å². The number of amides is 1. The number of nitrogen functional groups attached to an aromatic ring is 1. The lowest BCUT2D eigenvalue weighted by atomic mass is 10.1. The van der Waals surface area contributed by atoms with Crippen LogP contribution in [-0.4, -0.2) is 5.91 Å². The zero-order valence-electron chi connectivity index (χ0n) is 11.4. The summed E-state index contributed by atoms with van der Waals surface area (Å²) in [6.45, 7) is 1.82. The van der Waals surface area contributed by atoms with E-state index < -0.39 is 5.82 Å². The standard InChI is InChI=1S/C16H14ClFN2O/c1-10-12(17)3-2-4-15(10)20-16(21)8-6-11-5-7-13(18)14(19)9-11/h2-9H,19H2,1H3,(H,20,21)/b8-6+. The van der Waals surface area contributed by atoms with Crippen molar-refractivity contribution in [3.63, 3.8) is 0 Å². The molecule has 0 aromatic heterocycles. The van der Waals surface area contributed by atoms with Crippen LogP contribution in [0.15, 0.2) is 42.5 Å². The number of carbonyl (C=O) groups is 1. The van der Waals surface area contributed by atoms with Gasteiger partial charge in [0.15, 0.2) is 0 Å². The zero-order chi connectivity index (χ0) is 15.4. The molecule has 2 rings (SSSR count). The van der Waals surface area contributed by atoms with Crippen LogP contribution in [-0.2, 0) is 4.79 Å². The Labute approximate surface area is 127 Å². The van der Waals surface area contributed by atoms with E-state index in [1.165, 1.54) is 18.2 Å². The SMILES string of the molecule is Cc1c(Cl)cccc1NC(=O)/C=C/c1ccc(F)c(N)c1. The number of nitrogens with one attached hydrogen (secondary N) is 1. The van der Waals surface area contributed by atoms with Crippen molar-refractivity contribution >= 4 is 35.0 Å². The van der Waals surface area contributed by atoms with Gasteiger partial charge in [0, 0.05) is 16.8 Å². The monoisotopic (exact) mass is 304 g/mol. The second kappa shape index (κ2) is 6.41. The maximum absolute atomic E-state index is 13.0. The van der Waals surface area contributed by atoms with Crippen LogP contribution in [0.4, 0.5) is 15.8 Å². The quantitative estimate of drug-likeness (QED) is 0.664. The van der Waals surface area contributed by atoms with Gasteiger partial charge >= 0.3 is 0 Å². The topological polar surface area (TPSA) is 55.1 Å². The Hall–Kier alpha value is -2.33. The molecule has 0 radical (unpaired) electrons. The minimum atomic E-state index is -0.480. The molecule has 0 heterocycles. The first-order valence-corrected chi connectivity index (χ1v) is 6.64. The van der Waals surface area contributed by atoms with Gasteiger partial charge in [0.2, 0.25) is 5.91 Å². The van der Waals surface area contributed by atoms with Crippen molar-refractivity contribution in [2.24, 2.45) is 0 Å². The molecule has 2 aromatic rings. The molecule has 0 unspecified atom stereocenters. The Balaban J connectivity index is 2.09. The van der Waals surface area contributed by atoms with E-state index in [1.807, 2.05) is 6.92 Å². The van der Waals surface area contributed by atoms with Crippen molar-refractivity contribution in [3.8, 4) is 0 Å². The van der Waals surface area contributed by atoms with E-state index in [0.29, 0.717) is 16.3 Å². The molecule has 5 heteroatoms. The predicted molar refractivity (Wildman–Crippen MR) is 84.7 cm³/mol. The smallest absolute Gasteiger partial charge is 0.248 e. The molecule has 0 aliphatic carbocycles. The van der Waals surface area contributed by atoms with E-state index in [-0.39, 0.29) is 11.6 Å². The van der Waals surface area contributed by atoms with Crippen molar-refractivity contribution in [1.82, 2.24) is 0 Å². The van der Waals surface area contributed by atoms with E-state index >= 15 is 0 Å². The molecule has 0 fully saturated rings. The van der Waals surface area contributed by atoms with Crippen molar-refractivity contribution < 1.29 is 9.18 Å². The molecule has 0 bridgehead atoms. The Bertz CT molecular complexity index is 713. The van der Waals surface area contributed by atoms with Crippen LogP contribution >= 0.6 is 11.6 Å². The van der Waals surface area contributed by atoms with Gasteiger partial charge in [-0.2, -0.15) is 0 Å². The molecular formula is C16H14ClFN2O. The fourth-order valence-corrected chi connectivity index (χ4v) is 1.93. The summed E-state index contributed by atoms with van der Waals surface area (Å²) in [5.41, 5.74) is 7.60. The van der Waals surface area contributed by atoms with Gasteiger partial charge in [0.25, 0.3) is 0 Å². The Morgan fingerprint density at radius 1 is 1.33 bits per heavy atom. The number of hydrogen-bond acceptors (Lipinski definition) is 2. The van der Waals surface area contributed by atoms with Crippen LogP contribution in [0.2, 0.25) is 5.02 Å². The third-order valence-corrected chi connectivity index (χ3v) is 3.38. The van der Waals surface area contributed by atoms with Crippen LogP contribution in [0.1, 0.15) is 11.1 Å². The maximum Gasteiger partial charge on any atom is 0.248 e. The highest BCUT2D eigenvalue weighted by atomic mass is 35.5. The van der Waals surface area contributed by atoms with Crippen LogP contribution in [0, 0.1) is 12.7 Å². The van der Waals surface area contributed by atoms with Crippen LogP contribution in [0.25, 0.3) is 6.08 Å². The van der Waals surface area contributed by atoms with Gasteiger partial charge in [-0.25, -0.2) is 4.39 Å². The van der Waals surface area contributed by atoms with Crippen LogP contribution in [0.5, 0.6) is 0 Å². The second-order valence-corrected chi connectivity index (χ2v) is 4.92. The number of carbonyl (C=O) groups excluding carboxylic acids is 1. The summed E-state index contributed by atoms with van der Waals surface area (Å²) in [4.78, 5) is 11.9. The van der Waals surface area contributed by atoms with Crippen molar-refractivity contribution in [2.75, 3.05) is 11.1 Å². The fraction of sp³-hybridized carbons (Fsp3) is 0.0625. The molecule has 108 valence electrons. The summed E-state index contributed by atoms with van der Waals surface area (Å²) in [6, 6.07) is 9.54. The molecule has 0 aliphatic rings. The lowest BCUT2D eigenvalue weighted by molar-refractivity contribution is -0.111. The molecular weight excluding hydrogens is 291 g/mol. The molecule has 1 amide bonds. The summed E-state index contributed by atoms with van der Waals surface area (Å²) in [6.07, 6.45) is 2.91. The molecule has 0 aliphatic heterocycles. The first-order chi connectivity index (χ1) is 9.97. The molecule has 0 saturated carbocycles. The highest BCUT2D eigenvalue weighted by Gasteiger charge is 2.04. The third kappa shape index (κ3) is 3.83. The van der Waals surface area contributed by atoms with Gasteiger partial charge in [0.1, 0.15) is 5.82 Å². The fourth-order valence-electron chi connectivity index (χ4n) is 1.76. The normalized spacial score (nSPS) is 10.8. The van der Waals surface area contributed by atoms with E-state index in [4.69, 9.17) is 17.3 Å². The van der Waals surface area contributed by atoms with Gasteiger partial charge in [-0.3, -0.25) is 4.79 Å². The number of rotatable bonds is 3. The minimum Gasteiger partial charge on any atom is -0.396 e. The maximum atomic E-state index is 13.0. The average Bonchev–Trinajstić information content (AvgIpc) is 2.45. The Kier molecular flexibility index (Phi) is 4.60. The molecule has 2 aromatic carbocycles. The van der Waals surface area contributed by atoms with Gasteiger partial charge in [-0.1, -0.05) is 23.7 Å². The molecule has 21 heavy (non-hydrogen) atoms. The van der Waals surface area contributed by atoms with Crippen molar-refractivity contribution in [3.05, 3.63) is 64.4 Å². The average molecular weight is 305 g/mol. The lowest BCUT2D eigenvalue weighted by Gasteiger charge is -2.07. The van der Waals surface area contributed by atoms with E-state index in [1.54, 1.807) is 30.3 Å². The zero-order valence-corrected chi connectivity index (χ0v) is 12.1. The first-order valence-electron chi connectivity index (χ1n) is 6.26. The van der Waals surface area contributed by atoms with Crippen molar-refractivity contribution in [2.45, 2.75) is 6.92 Å². The highest BCUT2D eigenvalue weighted by Crippen LogP contribution is 2.23. The van der Waals surface area contributed by atoms with Gasteiger partial charge in [-0.15, -0.1) is 0 Å². The number of anilines is 2. The van der Waals surface area contributed by atoms with Gasteiger partial charge < -0.3 is 11.1 Å². The highest BCUT2D eigenvalue weighted by molar-refractivity contribution is 6.31. The Morgan fingerprint density at radius 2 is 2.10 bits per heavy atom. The summed E-state index contributed by atoms with van der Waals surface area (Å²) in [7, 11) is 0. The summed E-state index contributed by atoms with van der Waals surface area (Å²) in [5, 5.41) is 3.32. The van der Waals surface area contributed by atoms with E-state index in [0.717, 1.165) is 5.56 Å². The van der Waals surface area contributed by atoms with E-state index in [2.05, 4.69) is 5.32 Å². The summed E-state index contributed by atoms with van der Waals surface area (Å²) in [5.74, 6) is -0.783. The van der Waals surface area contributed by atoms with Crippen LogP contribution in [0.3, 0.4) is 0 Å². The van der Waals surface area contributed by atoms with Gasteiger partial charge in [0.05, 0.1) is 5.69 Å². The Morgan fingerprint density at radius 3 is 2.81 bits per heavy atom. The summed E-state index contributed by atoms with van der Waals surface area (Å²) >= 11 is 5.98. The molecule has 0 atom stereocenters. The first kappa shape index (κ1) is 15.1. The number of nitrogens with two attached hydrogens (primary N) is 1. The van der Waals surface area contributed by atoms with Crippen molar-refractivity contribution in [1.29, 1.82) is 0 Å². The minimum absolute atomic E-state index is 0.0447. The van der Waals surface area contributed by atoms with Gasteiger partial charge in [-0.05, 0) is 48.4 Å². The number of hydrogen-bond donors (Lipinski definition) is 2. The molecule has 0 spiro atoms. The second-order valence-electron chi connectivity index (χ2n) is 4.52. The number of halogens is 2. The predicted octanol–water partition coefficient (Wildman–Crippen LogP) is 4.02. The lowest BCUT2D eigenvalue weighted by Crippen LogP contribution is -2.09. The molecule has 3 N–H and O–H groups in total. The summed E-state index contributed by atoms with van der Waals surface area (Å²) < 4.78 is 13.0. The number of benzene rings is 2. The largest absolute Gasteiger partial charge is 0.396 e. The van der Waals surface area contributed by atoms with Crippen LogP contribution < -0.4 is 11.1 Å². The molecule has 3 nitrogen and oxygen atoms in total. The third-order valence-electron chi connectivity index (χ3n) is 2.97. The molecule has 0 saturated heterocycles.